The van der Waals surface area contributed by atoms with E-state index in [-0.39, 0.29) is 12.6 Å². The van der Waals surface area contributed by atoms with Crippen LogP contribution >= 0.6 is 11.6 Å². The number of rotatable bonds is 6. The molecule has 0 spiro atoms. The second kappa shape index (κ2) is 7.46. The summed E-state index contributed by atoms with van der Waals surface area (Å²) >= 11 is 6.05. The van der Waals surface area contributed by atoms with Crippen molar-refractivity contribution < 1.29 is 9.84 Å². The van der Waals surface area contributed by atoms with E-state index in [0.717, 1.165) is 11.1 Å². The summed E-state index contributed by atoms with van der Waals surface area (Å²) in [6, 6.07) is 15.0. The van der Waals surface area contributed by atoms with Crippen LogP contribution in [0.25, 0.3) is 0 Å². The summed E-state index contributed by atoms with van der Waals surface area (Å²) in [6.07, 6.45) is -0.144. The van der Waals surface area contributed by atoms with Gasteiger partial charge in [0.15, 0.2) is 0 Å². The Morgan fingerprint density at radius 1 is 1.19 bits per heavy atom. The van der Waals surface area contributed by atoms with Crippen LogP contribution in [0.15, 0.2) is 48.5 Å². The highest BCUT2D eigenvalue weighted by atomic mass is 35.5. The number of aryl methyl sites for hydroxylation is 1. The minimum absolute atomic E-state index is 0.122. The molecule has 0 saturated carbocycles. The number of aliphatic hydroxyl groups is 1. The van der Waals surface area contributed by atoms with Crippen molar-refractivity contribution in [2.45, 2.75) is 25.5 Å². The van der Waals surface area contributed by atoms with Gasteiger partial charge in [0.2, 0.25) is 0 Å². The summed E-state index contributed by atoms with van der Waals surface area (Å²) in [5.74, 6) is 0.572. The van der Waals surface area contributed by atoms with Crippen molar-refractivity contribution in [2.24, 2.45) is 5.73 Å². The molecule has 0 aromatic heterocycles. The molecule has 0 fully saturated rings. The van der Waals surface area contributed by atoms with Crippen LogP contribution in [0, 0.1) is 6.92 Å². The molecule has 0 radical (unpaired) electrons. The molecule has 0 bridgehead atoms. The molecule has 3 N–H and O–H groups in total. The molecular formula is C17H20ClNO2. The van der Waals surface area contributed by atoms with Crippen LogP contribution in [0.2, 0.25) is 5.02 Å². The van der Waals surface area contributed by atoms with E-state index in [0.29, 0.717) is 17.2 Å². The SMILES string of the molecule is Cc1ccc(Cl)c(OCC(O)C(N)Cc2ccccc2)c1. The third-order valence-electron chi connectivity index (χ3n) is 3.30. The Labute approximate surface area is 130 Å². The Bertz CT molecular complexity index is 574. The Balaban J connectivity index is 1.89. The van der Waals surface area contributed by atoms with Crippen LogP contribution in [-0.2, 0) is 6.42 Å². The van der Waals surface area contributed by atoms with Crippen molar-refractivity contribution in [3.05, 3.63) is 64.7 Å². The predicted octanol–water partition coefficient (Wildman–Crippen LogP) is 2.96. The van der Waals surface area contributed by atoms with Gasteiger partial charge in [-0.3, -0.25) is 0 Å². The van der Waals surface area contributed by atoms with Gasteiger partial charge in [-0.15, -0.1) is 0 Å². The molecule has 2 aromatic carbocycles. The maximum Gasteiger partial charge on any atom is 0.138 e. The van der Waals surface area contributed by atoms with E-state index in [1.807, 2.05) is 49.4 Å². The van der Waals surface area contributed by atoms with Gasteiger partial charge in [-0.1, -0.05) is 48.0 Å². The van der Waals surface area contributed by atoms with Crippen molar-refractivity contribution in [1.29, 1.82) is 0 Å². The number of hydrogen-bond donors (Lipinski definition) is 2. The molecule has 0 amide bonds. The van der Waals surface area contributed by atoms with Gasteiger partial charge in [-0.05, 0) is 36.6 Å². The second-order valence-electron chi connectivity index (χ2n) is 5.17. The Hall–Kier alpha value is -1.55. The summed E-state index contributed by atoms with van der Waals surface area (Å²) < 4.78 is 5.58. The van der Waals surface area contributed by atoms with Gasteiger partial charge in [0.05, 0.1) is 5.02 Å². The average Bonchev–Trinajstić information content (AvgIpc) is 2.49. The molecule has 21 heavy (non-hydrogen) atoms. The largest absolute Gasteiger partial charge is 0.489 e. The Morgan fingerprint density at radius 2 is 1.90 bits per heavy atom. The van der Waals surface area contributed by atoms with Gasteiger partial charge in [-0.25, -0.2) is 0 Å². The fourth-order valence-corrected chi connectivity index (χ4v) is 2.21. The highest BCUT2D eigenvalue weighted by Gasteiger charge is 2.16. The molecule has 0 aliphatic rings. The van der Waals surface area contributed by atoms with E-state index in [1.165, 1.54) is 0 Å². The lowest BCUT2D eigenvalue weighted by Gasteiger charge is -2.20. The van der Waals surface area contributed by atoms with Gasteiger partial charge in [-0.2, -0.15) is 0 Å². The number of nitrogens with two attached hydrogens (primary N) is 1. The first-order valence-corrected chi connectivity index (χ1v) is 7.30. The van der Waals surface area contributed by atoms with Crippen LogP contribution in [0.4, 0.5) is 0 Å². The first kappa shape index (κ1) is 15.8. The van der Waals surface area contributed by atoms with Gasteiger partial charge < -0.3 is 15.6 Å². The minimum Gasteiger partial charge on any atom is -0.489 e. The molecule has 2 rings (SSSR count). The second-order valence-corrected chi connectivity index (χ2v) is 5.57. The normalized spacial score (nSPS) is 13.7. The number of ether oxygens (including phenoxy) is 1. The highest BCUT2D eigenvalue weighted by Crippen LogP contribution is 2.25. The fourth-order valence-electron chi connectivity index (χ4n) is 2.04. The Kier molecular flexibility index (Phi) is 5.62. The summed E-state index contributed by atoms with van der Waals surface area (Å²) in [5.41, 5.74) is 8.17. The molecule has 112 valence electrons. The van der Waals surface area contributed by atoms with E-state index in [4.69, 9.17) is 22.1 Å². The van der Waals surface area contributed by atoms with Crippen LogP contribution in [0.5, 0.6) is 5.75 Å². The first-order chi connectivity index (χ1) is 10.1. The molecule has 0 aliphatic carbocycles. The molecule has 0 heterocycles. The maximum absolute atomic E-state index is 10.1. The number of halogens is 1. The Morgan fingerprint density at radius 3 is 2.62 bits per heavy atom. The lowest BCUT2D eigenvalue weighted by molar-refractivity contribution is 0.0852. The summed E-state index contributed by atoms with van der Waals surface area (Å²) in [5, 5.41) is 10.6. The summed E-state index contributed by atoms with van der Waals surface area (Å²) in [4.78, 5) is 0. The van der Waals surface area contributed by atoms with Gasteiger partial charge >= 0.3 is 0 Å². The number of hydrogen-bond acceptors (Lipinski definition) is 3. The average molecular weight is 306 g/mol. The van der Waals surface area contributed by atoms with Crippen LogP contribution in [0.3, 0.4) is 0 Å². The summed E-state index contributed by atoms with van der Waals surface area (Å²) in [7, 11) is 0. The fraction of sp³-hybridized carbons (Fsp3) is 0.294. The summed E-state index contributed by atoms with van der Waals surface area (Å²) in [6.45, 7) is 2.08. The highest BCUT2D eigenvalue weighted by molar-refractivity contribution is 6.32. The van der Waals surface area contributed by atoms with Crippen LogP contribution in [-0.4, -0.2) is 23.9 Å². The standard InChI is InChI=1S/C17H20ClNO2/c1-12-7-8-14(18)17(9-12)21-11-16(20)15(19)10-13-5-3-2-4-6-13/h2-9,15-16,20H,10-11,19H2,1H3. The zero-order valence-corrected chi connectivity index (χ0v) is 12.8. The molecular weight excluding hydrogens is 286 g/mol. The lowest BCUT2D eigenvalue weighted by Crippen LogP contribution is -2.40. The minimum atomic E-state index is -0.748. The van der Waals surface area contributed by atoms with Gasteiger partial charge in [0.1, 0.15) is 18.5 Å². The van der Waals surface area contributed by atoms with E-state index in [2.05, 4.69) is 0 Å². The van der Waals surface area contributed by atoms with E-state index in [1.54, 1.807) is 6.07 Å². The number of benzene rings is 2. The molecule has 0 aliphatic heterocycles. The quantitative estimate of drug-likeness (QED) is 0.862. The van der Waals surface area contributed by atoms with Crippen molar-refractivity contribution >= 4 is 11.6 Å². The van der Waals surface area contributed by atoms with Crippen molar-refractivity contribution in [1.82, 2.24) is 0 Å². The van der Waals surface area contributed by atoms with Crippen molar-refractivity contribution in [2.75, 3.05) is 6.61 Å². The van der Waals surface area contributed by atoms with Crippen molar-refractivity contribution in [3.63, 3.8) is 0 Å². The van der Waals surface area contributed by atoms with Crippen LogP contribution in [0.1, 0.15) is 11.1 Å². The molecule has 2 atom stereocenters. The topological polar surface area (TPSA) is 55.5 Å². The third kappa shape index (κ3) is 4.74. The van der Waals surface area contributed by atoms with Crippen molar-refractivity contribution in [3.8, 4) is 5.75 Å². The first-order valence-electron chi connectivity index (χ1n) is 6.93. The molecule has 2 aromatic rings. The van der Waals surface area contributed by atoms with E-state index in [9.17, 15) is 5.11 Å². The third-order valence-corrected chi connectivity index (χ3v) is 3.62. The van der Waals surface area contributed by atoms with E-state index < -0.39 is 6.10 Å². The monoisotopic (exact) mass is 305 g/mol. The number of aliphatic hydroxyl groups excluding tert-OH is 1. The van der Waals surface area contributed by atoms with Gasteiger partial charge in [0.25, 0.3) is 0 Å². The molecule has 2 unspecified atom stereocenters. The smallest absolute Gasteiger partial charge is 0.138 e. The van der Waals surface area contributed by atoms with Crippen LogP contribution < -0.4 is 10.5 Å². The zero-order valence-electron chi connectivity index (χ0n) is 12.0. The lowest BCUT2D eigenvalue weighted by atomic mass is 10.0. The molecule has 0 saturated heterocycles. The van der Waals surface area contributed by atoms with E-state index >= 15 is 0 Å². The zero-order chi connectivity index (χ0) is 15.2. The molecule has 3 nitrogen and oxygen atoms in total. The predicted molar refractivity (Wildman–Crippen MR) is 85.8 cm³/mol. The van der Waals surface area contributed by atoms with Gasteiger partial charge in [0, 0.05) is 6.04 Å². The molecule has 4 heteroatoms. The maximum atomic E-state index is 10.1.